The smallest absolute Gasteiger partial charge is 0.416 e. The molecule has 9 heteroatoms. The summed E-state index contributed by atoms with van der Waals surface area (Å²) in [6, 6.07) is 16.8. The van der Waals surface area contributed by atoms with E-state index in [9.17, 15) is 22.8 Å². The number of hydrogen-bond donors (Lipinski definition) is 2. The first kappa shape index (κ1) is 28.4. The molecule has 0 bridgehead atoms. The summed E-state index contributed by atoms with van der Waals surface area (Å²) in [5, 5.41) is 5.37. The Labute approximate surface area is 208 Å². The molecule has 2 amide bonds. The third kappa shape index (κ3) is 8.42. The van der Waals surface area contributed by atoms with Crippen LogP contribution in [-0.2, 0) is 15.7 Å². The zero-order valence-corrected chi connectivity index (χ0v) is 20.3. The van der Waals surface area contributed by atoms with Crippen molar-refractivity contribution in [3.63, 3.8) is 0 Å². The number of ether oxygens (including phenoxy) is 2. The monoisotopic (exact) mass is 502 g/mol. The van der Waals surface area contributed by atoms with E-state index < -0.39 is 11.7 Å². The molecule has 3 aromatic rings. The van der Waals surface area contributed by atoms with Crippen LogP contribution in [0.5, 0.6) is 5.75 Å². The third-order valence-electron chi connectivity index (χ3n) is 4.95. The number of anilines is 1. The maximum atomic E-state index is 13.0. The summed E-state index contributed by atoms with van der Waals surface area (Å²) in [6.07, 6.45) is -3.13. The maximum absolute atomic E-state index is 13.0. The van der Waals surface area contributed by atoms with Crippen LogP contribution in [0.1, 0.15) is 27.9 Å². The minimum absolute atomic E-state index is 0.359. The lowest BCUT2D eigenvalue weighted by atomic mass is 9.94. The number of nitrogens with one attached hydrogen (secondary N) is 2. The Kier molecular flexibility index (Phi) is 11.0. The van der Waals surface area contributed by atoms with E-state index in [-0.39, 0.29) is 5.91 Å². The maximum Gasteiger partial charge on any atom is 0.416 e. The van der Waals surface area contributed by atoms with E-state index in [0.717, 1.165) is 17.7 Å². The van der Waals surface area contributed by atoms with Gasteiger partial charge in [-0.25, -0.2) is 0 Å². The number of halogens is 3. The fourth-order valence-corrected chi connectivity index (χ4v) is 3.32. The molecule has 0 saturated heterocycles. The molecule has 0 heterocycles. The zero-order valence-electron chi connectivity index (χ0n) is 20.3. The molecular formula is C27H29F3N2O4. The number of aryl methyl sites for hydroxylation is 1. The van der Waals surface area contributed by atoms with Crippen LogP contribution >= 0.6 is 0 Å². The topological polar surface area (TPSA) is 76.7 Å². The molecule has 0 aliphatic heterocycles. The van der Waals surface area contributed by atoms with Crippen LogP contribution in [0.3, 0.4) is 0 Å². The van der Waals surface area contributed by atoms with Crippen LogP contribution < -0.4 is 15.4 Å². The molecule has 0 aromatic heterocycles. The Balaban J connectivity index is 0.00000145. The first-order valence-corrected chi connectivity index (χ1v) is 11.1. The summed E-state index contributed by atoms with van der Waals surface area (Å²) in [7, 11) is 3.25. The summed E-state index contributed by atoms with van der Waals surface area (Å²) >= 11 is 0. The van der Waals surface area contributed by atoms with Gasteiger partial charge in [-0.1, -0.05) is 24.3 Å². The van der Waals surface area contributed by atoms with Crippen LogP contribution in [0.15, 0.2) is 66.7 Å². The lowest BCUT2D eigenvalue weighted by Gasteiger charge is -2.14. The number of rotatable bonds is 9. The molecule has 0 aliphatic carbocycles. The van der Waals surface area contributed by atoms with Crippen LogP contribution in [0.25, 0.3) is 11.1 Å². The Morgan fingerprint density at radius 3 is 2.19 bits per heavy atom. The highest BCUT2D eigenvalue weighted by Crippen LogP contribution is 2.33. The number of hydrogen-bond acceptors (Lipinski definition) is 4. The van der Waals surface area contributed by atoms with E-state index in [1.165, 1.54) is 12.1 Å². The van der Waals surface area contributed by atoms with Gasteiger partial charge < -0.3 is 20.1 Å². The highest BCUT2D eigenvalue weighted by Gasteiger charge is 2.30. The molecule has 36 heavy (non-hydrogen) atoms. The summed E-state index contributed by atoms with van der Waals surface area (Å²) in [4.78, 5) is 23.2. The average Bonchev–Trinajstić information content (AvgIpc) is 2.85. The summed E-state index contributed by atoms with van der Waals surface area (Å²) in [5.74, 6) is 0.252. The van der Waals surface area contributed by atoms with Gasteiger partial charge in [-0.3, -0.25) is 9.59 Å². The van der Waals surface area contributed by atoms with Crippen molar-refractivity contribution in [2.24, 2.45) is 0 Å². The van der Waals surface area contributed by atoms with Gasteiger partial charge in [0.2, 0.25) is 6.41 Å². The van der Waals surface area contributed by atoms with E-state index in [0.29, 0.717) is 54.1 Å². The van der Waals surface area contributed by atoms with Gasteiger partial charge in [0.25, 0.3) is 5.91 Å². The van der Waals surface area contributed by atoms with Gasteiger partial charge in [0, 0.05) is 32.0 Å². The second-order valence-corrected chi connectivity index (χ2v) is 7.73. The second kappa shape index (κ2) is 13.9. The number of benzene rings is 3. The lowest BCUT2D eigenvalue weighted by molar-refractivity contribution is -0.137. The van der Waals surface area contributed by atoms with Crippen LogP contribution in [0.2, 0.25) is 0 Å². The van der Waals surface area contributed by atoms with Crippen molar-refractivity contribution in [3.8, 4) is 16.9 Å². The minimum atomic E-state index is -4.42. The average molecular weight is 503 g/mol. The molecule has 0 unspecified atom stereocenters. The van der Waals surface area contributed by atoms with E-state index in [4.69, 9.17) is 4.74 Å². The molecule has 192 valence electrons. The predicted octanol–water partition coefficient (Wildman–Crippen LogP) is 5.71. The van der Waals surface area contributed by atoms with Crippen molar-refractivity contribution in [1.29, 1.82) is 0 Å². The SMILES string of the molecule is COC.Cc1cccc(C(=O)Nc2ccc(OCCCNC=O)cc2)c1-c1ccc(C(F)(F)F)cc1. The Bertz CT molecular complexity index is 1120. The quantitative estimate of drug-likeness (QED) is 0.290. The molecular weight excluding hydrogens is 473 g/mol. The highest BCUT2D eigenvalue weighted by molar-refractivity contribution is 6.09. The van der Waals surface area contributed by atoms with Crippen molar-refractivity contribution >= 4 is 18.0 Å². The Morgan fingerprint density at radius 2 is 1.61 bits per heavy atom. The van der Waals surface area contributed by atoms with Crippen molar-refractivity contribution in [1.82, 2.24) is 5.32 Å². The van der Waals surface area contributed by atoms with Crippen molar-refractivity contribution in [3.05, 3.63) is 83.4 Å². The van der Waals surface area contributed by atoms with Crippen molar-refractivity contribution in [2.45, 2.75) is 19.5 Å². The van der Waals surface area contributed by atoms with Gasteiger partial charge in [0.15, 0.2) is 0 Å². The number of carbonyl (C=O) groups is 2. The van der Waals surface area contributed by atoms with E-state index in [2.05, 4.69) is 15.4 Å². The molecule has 0 saturated carbocycles. The van der Waals surface area contributed by atoms with Crippen LogP contribution in [0, 0.1) is 6.92 Å². The van der Waals surface area contributed by atoms with Gasteiger partial charge >= 0.3 is 6.18 Å². The Morgan fingerprint density at radius 1 is 0.972 bits per heavy atom. The zero-order chi connectivity index (χ0) is 26.6. The van der Waals surface area contributed by atoms with Gasteiger partial charge in [0.05, 0.1) is 12.2 Å². The molecule has 0 spiro atoms. The van der Waals surface area contributed by atoms with Gasteiger partial charge in [0.1, 0.15) is 5.75 Å². The summed E-state index contributed by atoms with van der Waals surface area (Å²) in [5.41, 5.74) is 2.04. The van der Waals surface area contributed by atoms with E-state index in [1.807, 2.05) is 0 Å². The molecule has 6 nitrogen and oxygen atoms in total. The highest BCUT2D eigenvalue weighted by atomic mass is 19.4. The summed E-state index contributed by atoms with van der Waals surface area (Å²) in [6.45, 7) is 2.77. The fraction of sp³-hybridized carbons (Fsp3) is 0.259. The standard InChI is InChI=1S/C25H23F3N2O3.C2H6O/c1-17-4-2-5-22(23(17)18-6-8-19(9-7-18)25(26,27)28)24(32)30-20-10-12-21(13-11-20)33-15-3-14-29-16-31;1-3-2/h2,4-13,16H,3,14-15H2,1H3,(H,29,31)(H,30,32);1-2H3. The normalized spacial score (nSPS) is 10.6. The van der Waals surface area contributed by atoms with Crippen molar-refractivity contribution in [2.75, 3.05) is 32.7 Å². The minimum Gasteiger partial charge on any atom is -0.494 e. The predicted molar refractivity (Wildman–Crippen MR) is 133 cm³/mol. The van der Waals surface area contributed by atoms with E-state index in [1.54, 1.807) is 63.6 Å². The van der Waals surface area contributed by atoms with E-state index >= 15 is 0 Å². The molecule has 0 fully saturated rings. The fourth-order valence-electron chi connectivity index (χ4n) is 3.32. The molecule has 3 aromatic carbocycles. The van der Waals surface area contributed by atoms with Crippen molar-refractivity contribution < 1.29 is 32.2 Å². The Hall–Kier alpha value is -3.85. The molecule has 3 rings (SSSR count). The van der Waals surface area contributed by atoms with Gasteiger partial charge in [-0.05, 0) is 72.5 Å². The number of amides is 2. The summed E-state index contributed by atoms with van der Waals surface area (Å²) < 4.78 is 48.6. The molecule has 0 radical (unpaired) electrons. The first-order valence-electron chi connectivity index (χ1n) is 11.1. The van der Waals surface area contributed by atoms with Gasteiger partial charge in [-0.15, -0.1) is 0 Å². The number of methoxy groups -OCH3 is 1. The lowest BCUT2D eigenvalue weighted by Crippen LogP contribution is -2.15. The van der Waals surface area contributed by atoms with Gasteiger partial charge in [-0.2, -0.15) is 13.2 Å². The third-order valence-corrected chi connectivity index (χ3v) is 4.95. The van der Waals surface area contributed by atoms with Crippen LogP contribution in [-0.4, -0.2) is 39.7 Å². The largest absolute Gasteiger partial charge is 0.494 e. The first-order chi connectivity index (χ1) is 17.2. The number of carbonyl (C=O) groups excluding carboxylic acids is 2. The number of alkyl halides is 3. The van der Waals surface area contributed by atoms with Crippen LogP contribution in [0.4, 0.5) is 18.9 Å². The molecule has 0 aliphatic rings. The second-order valence-electron chi connectivity index (χ2n) is 7.73. The molecule has 0 atom stereocenters. The molecule has 2 N–H and O–H groups in total.